The molecule has 1 aliphatic carbocycles. The summed E-state index contributed by atoms with van der Waals surface area (Å²) in [5.74, 6) is 0.176. The van der Waals surface area contributed by atoms with E-state index >= 15 is 0 Å². The summed E-state index contributed by atoms with van der Waals surface area (Å²) in [7, 11) is 0. The van der Waals surface area contributed by atoms with Crippen LogP contribution in [0.2, 0.25) is 0 Å². The zero-order valence-electron chi connectivity index (χ0n) is 11.4. The molecule has 2 N–H and O–H groups in total. The first-order valence-corrected chi connectivity index (χ1v) is 7.18. The van der Waals surface area contributed by atoms with Crippen LogP contribution >= 0.6 is 0 Å². The molecule has 0 aromatic heterocycles. The summed E-state index contributed by atoms with van der Waals surface area (Å²) in [4.78, 5) is 14.3. The molecule has 0 aromatic rings. The van der Waals surface area contributed by atoms with Crippen LogP contribution in [0.5, 0.6) is 0 Å². The van der Waals surface area contributed by atoms with Crippen molar-refractivity contribution in [3.05, 3.63) is 11.6 Å². The van der Waals surface area contributed by atoms with Gasteiger partial charge in [0.25, 0.3) is 0 Å². The average molecular weight is 251 g/mol. The molecule has 0 spiro atoms. The molecule has 1 heterocycles. The third-order valence-corrected chi connectivity index (χ3v) is 3.96. The Morgan fingerprint density at radius 1 is 1.50 bits per heavy atom. The summed E-state index contributed by atoms with van der Waals surface area (Å²) in [5, 5.41) is 6.37. The summed E-state index contributed by atoms with van der Waals surface area (Å²) >= 11 is 0. The van der Waals surface area contributed by atoms with Gasteiger partial charge >= 0.3 is 0 Å². The minimum absolute atomic E-state index is 0.00431. The van der Waals surface area contributed by atoms with E-state index in [1.165, 1.54) is 24.8 Å². The van der Waals surface area contributed by atoms with Crippen molar-refractivity contribution in [1.29, 1.82) is 0 Å². The minimum atomic E-state index is 0.00431. The highest BCUT2D eigenvalue weighted by Crippen LogP contribution is 2.19. The molecule has 2 rings (SSSR count). The average Bonchev–Trinajstić information content (AvgIpc) is 2.92. The zero-order chi connectivity index (χ0) is 12.8. The van der Waals surface area contributed by atoms with Gasteiger partial charge < -0.3 is 10.6 Å². The van der Waals surface area contributed by atoms with Crippen LogP contribution in [0.25, 0.3) is 0 Å². The molecule has 0 bridgehead atoms. The van der Waals surface area contributed by atoms with Crippen LogP contribution in [-0.4, -0.2) is 49.6 Å². The van der Waals surface area contributed by atoms with Crippen LogP contribution in [0.4, 0.5) is 0 Å². The summed E-state index contributed by atoms with van der Waals surface area (Å²) in [5.41, 5.74) is 1.52. The van der Waals surface area contributed by atoms with E-state index in [0.717, 1.165) is 39.1 Å². The third-order valence-electron chi connectivity index (χ3n) is 3.96. The monoisotopic (exact) mass is 251 g/mol. The van der Waals surface area contributed by atoms with Gasteiger partial charge in [-0.1, -0.05) is 11.6 Å². The second kappa shape index (κ2) is 6.90. The SMILES string of the molecule is CC(C(=O)NCCC1=CCCC1)N1CCNCC1. The first-order chi connectivity index (χ1) is 8.77. The van der Waals surface area contributed by atoms with Crippen molar-refractivity contribution < 1.29 is 4.79 Å². The number of amides is 1. The van der Waals surface area contributed by atoms with Crippen molar-refractivity contribution in [2.45, 2.75) is 38.6 Å². The van der Waals surface area contributed by atoms with E-state index in [9.17, 15) is 4.79 Å². The maximum atomic E-state index is 12.0. The van der Waals surface area contributed by atoms with Gasteiger partial charge in [0.15, 0.2) is 0 Å². The van der Waals surface area contributed by atoms with Crippen LogP contribution in [0, 0.1) is 0 Å². The van der Waals surface area contributed by atoms with Gasteiger partial charge in [0.1, 0.15) is 0 Å². The lowest BCUT2D eigenvalue weighted by Gasteiger charge is -2.31. The van der Waals surface area contributed by atoms with E-state index in [1.807, 2.05) is 6.92 Å². The Balaban J connectivity index is 1.66. The quantitative estimate of drug-likeness (QED) is 0.714. The van der Waals surface area contributed by atoms with Crippen LogP contribution in [0.1, 0.15) is 32.6 Å². The standard InChI is InChI=1S/C14H25N3O/c1-12(17-10-8-15-9-11-17)14(18)16-7-6-13-4-2-3-5-13/h4,12,15H,2-3,5-11H2,1H3,(H,16,18). The van der Waals surface area contributed by atoms with Gasteiger partial charge in [-0.3, -0.25) is 9.69 Å². The van der Waals surface area contributed by atoms with Gasteiger partial charge in [0.05, 0.1) is 6.04 Å². The Kier molecular flexibility index (Phi) is 5.20. The lowest BCUT2D eigenvalue weighted by atomic mass is 10.1. The molecule has 1 fully saturated rings. The summed E-state index contributed by atoms with van der Waals surface area (Å²) in [6.07, 6.45) is 7.09. The largest absolute Gasteiger partial charge is 0.354 e. The highest BCUT2D eigenvalue weighted by Gasteiger charge is 2.22. The van der Waals surface area contributed by atoms with Gasteiger partial charge in [0.2, 0.25) is 5.91 Å². The lowest BCUT2D eigenvalue weighted by Crippen LogP contribution is -2.52. The van der Waals surface area contributed by atoms with E-state index in [1.54, 1.807) is 0 Å². The normalized spacial score (nSPS) is 22.6. The number of carbonyl (C=O) groups is 1. The van der Waals surface area contributed by atoms with Crippen LogP contribution in [0.15, 0.2) is 11.6 Å². The molecule has 1 aliphatic heterocycles. The van der Waals surface area contributed by atoms with Crippen molar-refractivity contribution in [2.75, 3.05) is 32.7 Å². The maximum Gasteiger partial charge on any atom is 0.237 e. The summed E-state index contributed by atoms with van der Waals surface area (Å²) in [6, 6.07) is 0.00431. The van der Waals surface area contributed by atoms with Crippen molar-refractivity contribution in [3.63, 3.8) is 0 Å². The maximum absolute atomic E-state index is 12.0. The Hall–Kier alpha value is -0.870. The Labute approximate surface area is 110 Å². The smallest absolute Gasteiger partial charge is 0.237 e. The molecule has 4 nitrogen and oxygen atoms in total. The fraction of sp³-hybridized carbons (Fsp3) is 0.786. The van der Waals surface area contributed by atoms with Gasteiger partial charge in [-0.2, -0.15) is 0 Å². The molecule has 0 saturated carbocycles. The second-order valence-corrected chi connectivity index (χ2v) is 5.26. The lowest BCUT2D eigenvalue weighted by molar-refractivity contribution is -0.126. The van der Waals surface area contributed by atoms with Crippen LogP contribution in [-0.2, 0) is 4.79 Å². The summed E-state index contributed by atoms with van der Waals surface area (Å²) in [6.45, 7) is 6.73. The first kappa shape index (κ1) is 13.6. The Bertz CT molecular complexity index is 308. The first-order valence-electron chi connectivity index (χ1n) is 7.18. The predicted octanol–water partition coefficient (Wildman–Crippen LogP) is 0.897. The number of piperazine rings is 1. The number of carbonyl (C=O) groups excluding carboxylic acids is 1. The van der Waals surface area contributed by atoms with E-state index in [0.29, 0.717) is 0 Å². The molecular weight excluding hydrogens is 226 g/mol. The Morgan fingerprint density at radius 3 is 2.94 bits per heavy atom. The molecule has 0 aromatic carbocycles. The molecule has 1 amide bonds. The molecule has 18 heavy (non-hydrogen) atoms. The van der Waals surface area contributed by atoms with Crippen LogP contribution < -0.4 is 10.6 Å². The molecular formula is C14H25N3O. The number of nitrogens with one attached hydrogen (secondary N) is 2. The van der Waals surface area contributed by atoms with Gasteiger partial charge in [-0.05, 0) is 32.6 Å². The predicted molar refractivity (Wildman–Crippen MR) is 73.5 cm³/mol. The van der Waals surface area contributed by atoms with Crippen molar-refractivity contribution in [1.82, 2.24) is 15.5 Å². The molecule has 4 heteroatoms. The Morgan fingerprint density at radius 2 is 2.28 bits per heavy atom. The number of allylic oxidation sites excluding steroid dienone is 1. The third kappa shape index (κ3) is 3.82. The number of hydrogen-bond donors (Lipinski definition) is 2. The molecule has 1 saturated heterocycles. The zero-order valence-corrected chi connectivity index (χ0v) is 11.4. The van der Waals surface area contributed by atoms with Gasteiger partial charge in [-0.15, -0.1) is 0 Å². The van der Waals surface area contributed by atoms with E-state index in [4.69, 9.17) is 0 Å². The summed E-state index contributed by atoms with van der Waals surface area (Å²) < 4.78 is 0. The molecule has 2 aliphatic rings. The van der Waals surface area contributed by atoms with Crippen molar-refractivity contribution in [3.8, 4) is 0 Å². The number of nitrogens with zero attached hydrogens (tertiary/aromatic N) is 1. The van der Waals surface area contributed by atoms with E-state index < -0.39 is 0 Å². The highest BCUT2D eigenvalue weighted by atomic mass is 16.2. The molecule has 1 atom stereocenters. The topological polar surface area (TPSA) is 44.4 Å². The highest BCUT2D eigenvalue weighted by molar-refractivity contribution is 5.81. The second-order valence-electron chi connectivity index (χ2n) is 5.26. The number of rotatable bonds is 5. The van der Waals surface area contributed by atoms with Gasteiger partial charge in [0, 0.05) is 32.7 Å². The molecule has 102 valence electrons. The van der Waals surface area contributed by atoms with Gasteiger partial charge in [-0.25, -0.2) is 0 Å². The fourth-order valence-corrected chi connectivity index (χ4v) is 2.69. The fourth-order valence-electron chi connectivity index (χ4n) is 2.69. The molecule has 0 radical (unpaired) electrons. The molecule has 1 unspecified atom stereocenters. The van der Waals surface area contributed by atoms with E-state index in [-0.39, 0.29) is 11.9 Å². The van der Waals surface area contributed by atoms with Crippen molar-refractivity contribution in [2.24, 2.45) is 0 Å². The number of hydrogen-bond acceptors (Lipinski definition) is 3. The van der Waals surface area contributed by atoms with Crippen LogP contribution in [0.3, 0.4) is 0 Å². The minimum Gasteiger partial charge on any atom is -0.354 e. The van der Waals surface area contributed by atoms with E-state index in [2.05, 4.69) is 21.6 Å². The van der Waals surface area contributed by atoms with Crippen molar-refractivity contribution >= 4 is 5.91 Å².